The van der Waals surface area contributed by atoms with Gasteiger partial charge in [-0.3, -0.25) is 4.90 Å². The van der Waals surface area contributed by atoms with Crippen molar-refractivity contribution in [3.05, 3.63) is 0 Å². The smallest absolute Gasteiger partial charge is 0.0695 e. The quantitative estimate of drug-likeness (QED) is 0.692. The molecule has 3 unspecified atom stereocenters. The maximum Gasteiger partial charge on any atom is 0.0695 e. The number of aliphatic hydroxyl groups is 1. The van der Waals surface area contributed by atoms with Crippen molar-refractivity contribution in [3.8, 4) is 0 Å². The van der Waals surface area contributed by atoms with Gasteiger partial charge in [-0.1, -0.05) is 0 Å². The van der Waals surface area contributed by atoms with Crippen molar-refractivity contribution in [1.82, 2.24) is 10.2 Å². The van der Waals surface area contributed by atoms with E-state index in [1.807, 2.05) is 0 Å². The summed E-state index contributed by atoms with van der Waals surface area (Å²) in [5.74, 6) is 0.739. The van der Waals surface area contributed by atoms with Crippen LogP contribution in [0.4, 0.5) is 0 Å². The largest absolute Gasteiger partial charge is 0.391 e. The molecule has 106 valence electrons. The molecule has 2 N–H and O–H groups in total. The van der Waals surface area contributed by atoms with E-state index in [1.54, 1.807) is 7.11 Å². The van der Waals surface area contributed by atoms with E-state index in [0.29, 0.717) is 6.04 Å². The minimum Gasteiger partial charge on any atom is -0.391 e. The van der Waals surface area contributed by atoms with Crippen LogP contribution in [-0.4, -0.2) is 62.0 Å². The molecule has 1 heterocycles. The summed E-state index contributed by atoms with van der Waals surface area (Å²) in [6.07, 6.45) is 5.89. The summed E-state index contributed by atoms with van der Waals surface area (Å²) in [6, 6.07) is 0.437. The van der Waals surface area contributed by atoms with Crippen LogP contribution in [0.3, 0.4) is 0 Å². The summed E-state index contributed by atoms with van der Waals surface area (Å²) < 4.78 is 5.04. The molecule has 2 aliphatic rings. The van der Waals surface area contributed by atoms with E-state index in [9.17, 15) is 5.11 Å². The Bertz CT molecular complexity index is 238. The van der Waals surface area contributed by atoms with E-state index >= 15 is 0 Å². The van der Waals surface area contributed by atoms with E-state index in [-0.39, 0.29) is 6.10 Å². The lowest BCUT2D eigenvalue weighted by atomic mass is 9.96. The highest BCUT2D eigenvalue weighted by Crippen LogP contribution is 2.28. The van der Waals surface area contributed by atoms with Gasteiger partial charge in [-0.2, -0.15) is 0 Å². The number of nitrogens with zero attached hydrogens (tertiary/aromatic N) is 1. The van der Waals surface area contributed by atoms with E-state index in [2.05, 4.69) is 10.2 Å². The van der Waals surface area contributed by atoms with Crippen molar-refractivity contribution >= 4 is 0 Å². The highest BCUT2D eigenvalue weighted by Gasteiger charge is 2.33. The molecule has 0 aromatic carbocycles. The van der Waals surface area contributed by atoms with Gasteiger partial charge >= 0.3 is 0 Å². The molecule has 3 atom stereocenters. The molecule has 0 amide bonds. The van der Waals surface area contributed by atoms with Crippen molar-refractivity contribution in [2.24, 2.45) is 5.92 Å². The summed E-state index contributed by atoms with van der Waals surface area (Å²) in [6.45, 7) is 5.15. The molecule has 4 nitrogen and oxygen atoms in total. The summed E-state index contributed by atoms with van der Waals surface area (Å²) in [5.41, 5.74) is 0. The SMILES string of the molecule is COCCNCC1CCCN(C2CCCC2O)C1. The van der Waals surface area contributed by atoms with Crippen molar-refractivity contribution in [3.63, 3.8) is 0 Å². The minimum absolute atomic E-state index is 0.0785. The van der Waals surface area contributed by atoms with Gasteiger partial charge in [0.2, 0.25) is 0 Å². The van der Waals surface area contributed by atoms with Crippen molar-refractivity contribution in [2.75, 3.05) is 39.9 Å². The van der Waals surface area contributed by atoms with Crippen LogP contribution in [0.25, 0.3) is 0 Å². The zero-order valence-corrected chi connectivity index (χ0v) is 11.6. The normalized spacial score (nSPS) is 34.0. The van der Waals surface area contributed by atoms with Crippen LogP contribution in [0, 0.1) is 5.92 Å². The van der Waals surface area contributed by atoms with Gasteiger partial charge in [0.25, 0.3) is 0 Å². The topological polar surface area (TPSA) is 44.7 Å². The number of piperidine rings is 1. The second kappa shape index (κ2) is 7.43. The Balaban J connectivity index is 1.70. The number of rotatable bonds is 6. The maximum atomic E-state index is 10.00. The summed E-state index contributed by atoms with van der Waals surface area (Å²) in [7, 11) is 1.74. The van der Waals surface area contributed by atoms with Gasteiger partial charge in [0.05, 0.1) is 12.7 Å². The molecule has 1 saturated heterocycles. The lowest BCUT2D eigenvalue weighted by Crippen LogP contribution is -2.48. The van der Waals surface area contributed by atoms with Gasteiger partial charge in [-0.15, -0.1) is 0 Å². The fraction of sp³-hybridized carbons (Fsp3) is 1.00. The predicted molar refractivity (Wildman–Crippen MR) is 72.7 cm³/mol. The van der Waals surface area contributed by atoms with E-state index < -0.39 is 0 Å². The molecule has 1 aliphatic heterocycles. The molecule has 1 saturated carbocycles. The summed E-state index contributed by atoms with van der Waals surface area (Å²) >= 11 is 0. The van der Waals surface area contributed by atoms with Gasteiger partial charge in [0.15, 0.2) is 0 Å². The zero-order valence-electron chi connectivity index (χ0n) is 11.6. The summed E-state index contributed by atoms with van der Waals surface area (Å²) in [4.78, 5) is 2.53. The van der Waals surface area contributed by atoms with Crippen molar-refractivity contribution in [1.29, 1.82) is 0 Å². The van der Waals surface area contributed by atoms with Gasteiger partial charge in [-0.05, 0) is 51.1 Å². The molecule has 1 aliphatic carbocycles. The van der Waals surface area contributed by atoms with Crippen LogP contribution in [0.15, 0.2) is 0 Å². The molecule has 0 spiro atoms. The second-order valence-corrected chi connectivity index (χ2v) is 5.77. The van der Waals surface area contributed by atoms with E-state index in [4.69, 9.17) is 4.74 Å². The van der Waals surface area contributed by atoms with Crippen molar-refractivity contribution in [2.45, 2.75) is 44.2 Å². The Morgan fingerprint density at radius 1 is 1.28 bits per heavy atom. The first-order chi connectivity index (χ1) is 8.81. The van der Waals surface area contributed by atoms with Crippen LogP contribution < -0.4 is 5.32 Å². The number of nitrogens with one attached hydrogen (secondary N) is 1. The van der Waals surface area contributed by atoms with Crippen LogP contribution in [0.5, 0.6) is 0 Å². The monoisotopic (exact) mass is 256 g/mol. The molecule has 0 aromatic rings. The second-order valence-electron chi connectivity index (χ2n) is 5.77. The van der Waals surface area contributed by atoms with Crippen molar-refractivity contribution < 1.29 is 9.84 Å². The maximum absolute atomic E-state index is 10.00. The number of hydrogen-bond donors (Lipinski definition) is 2. The lowest BCUT2D eigenvalue weighted by Gasteiger charge is -2.38. The molecule has 2 rings (SSSR count). The third-order valence-corrected chi connectivity index (χ3v) is 4.38. The molecule has 2 fully saturated rings. The molecule has 18 heavy (non-hydrogen) atoms. The van der Waals surface area contributed by atoms with Crippen LogP contribution in [-0.2, 0) is 4.74 Å². The predicted octanol–water partition coefficient (Wildman–Crippen LogP) is 0.848. The number of hydrogen-bond acceptors (Lipinski definition) is 4. The molecule has 0 radical (unpaired) electrons. The molecule has 4 heteroatoms. The Labute approximate surface area is 111 Å². The Morgan fingerprint density at radius 3 is 2.89 bits per heavy atom. The van der Waals surface area contributed by atoms with Crippen LogP contribution in [0.2, 0.25) is 0 Å². The van der Waals surface area contributed by atoms with Crippen LogP contribution in [0.1, 0.15) is 32.1 Å². The van der Waals surface area contributed by atoms with Gasteiger partial charge in [-0.25, -0.2) is 0 Å². The Kier molecular flexibility index (Phi) is 5.89. The first-order valence-electron chi connectivity index (χ1n) is 7.43. The number of methoxy groups -OCH3 is 1. The number of likely N-dealkylation sites (tertiary alicyclic amines) is 1. The number of aliphatic hydroxyl groups excluding tert-OH is 1. The average molecular weight is 256 g/mol. The fourth-order valence-electron chi connectivity index (χ4n) is 3.39. The van der Waals surface area contributed by atoms with Crippen LogP contribution >= 0.6 is 0 Å². The van der Waals surface area contributed by atoms with Gasteiger partial charge < -0.3 is 15.2 Å². The fourth-order valence-corrected chi connectivity index (χ4v) is 3.39. The molecular weight excluding hydrogens is 228 g/mol. The van der Waals surface area contributed by atoms with Gasteiger partial charge in [0, 0.05) is 26.2 Å². The van der Waals surface area contributed by atoms with E-state index in [1.165, 1.54) is 32.2 Å². The first-order valence-corrected chi connectivity index (χ1v) is 7.43. The lowest BCUT2D eigenvalue weighted by molar-refractivity contribution is 0.0430. The van der Waals surface area contributed by atoms with Gasteiger partial charge in [0.1, 0.15) is 0 Å². The molecule has 0 bridgehead atoms. The third kappa shape index (κ3) is 3.92. The minimum atomic E-state index is -0.0785. The molecular formula is C14H28N2O2. The Hall–Kier alpha value is -0.160. The third-order valence-electron chi connectivity index (χ3n) is 4.38. The summed E-state index contributed by atoms with van der Waals surface area (Å²) in [5, 5.41) is 13.5. The van der Waals surface area contributed by atoms with E-state index in [0.717, 1.165) is 38.6 Å². The molecule has 0 aromatic heterocycles. The average Bonchev–Trinajstić information content (AvgIpc) is 2.81. The highest BCUT2D eigenvalue weighted by atomic mass is 16.5. The zero-order chi connectivity index (χ0) is 12.8. The first kappa shape index (κ1) is 14.3. The highest BCUT2D eigenvalue weighted by molar-refractivity contribution is 4.88. The standard InChI is InChI=1S/C14H28N2O2/c1-18-9-7-15-10-12-4-3-8-16(11-12)13-5-2-6-14(13)17/h12-15,17H,2-11H2,1H3. The number of ether oxygens (including phenoxy) is 1. The Morgan fingerprint density at radius 2 is 2.17 bits per heavy atom.